The lowest BCUT2D eigenvalue weighted by atomic mass is 10.0. The molecule has 0 spiro atoms. The summed E-state index contributed by atoms with van der Waals surface area (Å²) in [6.45, 7) is 1.63. The third-order valence-electron chi connectivity index (χ3n) is 7.38. The Morgan fingerprint density at radius 3 is 2.37 bits per heavy atom. The summed E-state index contributed by atoms with van der Waals surface area (Å²) in [5.74, 6) is 0.512. The van der Waals surface area contributed by atoms with Gasteiger partial charge in [0.25, 0.3) is 5.91 Å². The molecular weight excluding hydrogens is 503 g/mol. The molecule has 0 saturated heterocycles. The lowest BCUT2D eigenvalue weighted by molar-refractivity contribution is 0.0896. The van der Waals surface area contributed by atoms with Crippen molar-refractivity contribution in [3.8, 4) is 0 Å². The fraction of sp³-hybridized carbons (Fsp3) is 0.367. The van der Waals surface area contributed by atoms with E-state index in [-0.39, 0.29) is 29.7 Å². The summed E-state index contributed by atoms with van der Waals surface area (Å²) >= 11 is 0. The van der Waals surface area contributed by atoms with Crippen molar-refractivity contribution < 1.29 is 22.3 Å². The van der Waals surface area contributed by atoms with E-state index in [1.807, 2.05) is 16.7 Å². The van der Waals surface area contributed by atoms with E-state index < -0.39 is 22.6 Å². The molecule has 200 valence electrons. The molecule has 1 unspecified atom stereocenters. The van der Waals surface area contributed by atoms with Gasteiger partial charge in [-0.1, -0.05) is 25.1 Å². The number of rotatable bonds is 11. The minimum Gasteiger partial charge on any atom is -0.382 e. The zero-order valence-corrected chi connectivity index (χ0v) is 22.6. The highest BCUT2D eigenvalue weighted by atomic mass is 32.2. The van der Waals surface area contributed by atoms with Crippen molar-refractivity contribution in [2.75, 3.05) is 26.1 Å². The monoisotopic (exact) mass is 536 g/mol. The predicted molar refractivity (Wildman–Crippen MR) is 148 cm³/mol. The second kappa shape index (κ2) is 10.9. The second-order valence-electron chi connectivity index (χ2n) is 10.0. The molecule has 1 N–H and O–H groups in total. The Bertz CT molecular complexity index is 1570. The smallest absolute Gasteiger partial charge is 0.251 e. The maximum atomic E-state index is 13.4. The minimum absolute atomic E-state index is 0.0247. The van der Waals surface area contributed by atoms with Gasteiger partial charge < -0.3 is 14.6 Å². The average molecular weight is 537 g/mol. The van der Waals surface area contributed by atoms with Crippen LogP contribution < -0.4 is 5.32 Å². The number of nitrogens with zero attached hydrogens (tertiary/aromatic N) is 1. The van der Waals surface area contributed by atoms with E-state index in [4.69, 9.17) is 4.74 Å². The average Bonchev–Trinajstić information content (AvgIpc) is 3.70. The lowest BCUT2D eigenvalue weighted by Crippen LogP contribution is -2.31. The highest BCUT2D eigenvalue weighted by molar-refractivity contribution is 7.91. The largest absolute Gasteiger partial charge is 0.382 e. The second-order valence-corrected chi connectivity index (χ2v) is 12.3. The van der Waals surface area contributed by atoms with Gasteiger partial charge in [0.05, 0.1) is 29.8 Å². The number of nitrogens with one attached hydrogen (secondary N) is 1. The van der Waals surface area contributed by atoms with Crippen LogP contribution in [-0.2, 0) is 27.5 Å². The number of benzene rings is 3. The van der Waals surface area contributed by atoms with Crippen LogP contribution in [-0.4, -0.2) is 45.0 Å². The van der Waals surface area contributed by atoms with Crippen LogP contribution in [0.25, 0.3) is 21.8 Å². The number of fused-ring (bicyclic) bond motifs is 3. The molecule has 1 aromatic heterocycles. The number of hydrogen-bond acceptors (Lipinski definition) is 4. The van der Waals surface area contributed by atoms with E-state index in [9.17, 15) is 17.6 Å². The van der Waals surface area contributed by atoms with Crippen LogP contribution in [0, 0.1) is 5.92 Å². The van der Waals surface area contributed by atoms with Gasteiger partial charge in [0, 0.05) is 34.5 Å². The van der Waals surface area contributed by atoms with Gasteiger partial charge >= 0.3 is 0 Å². The molecule has 0 aliphatic heterocycles. The van der Waals surface area contributed by atoms with Crippen molar-refractivity contribution in [3.05, 3.63) is 77.4 Å². The van der Waals surface area contributed by atoms with E-state index in [0.717, 1.165) is 39.7 Å². The van der Waals surface area contributed by atoms with Crippen molar-refractivity contribution in [2.24, 2.45) is 5.92 Å². The van der Waals surface area contributed by atoms with E-state index in [1.54, 1.807) is 44.4 Å². The zero-order valence-electron chi connectivity index (χ0n) is 21.7. The molecule has 1 aliphatic carbocycles. The van der Waals surface area contributed by atoms with Crippen molar-refractivity contribution >= 4 is 37.6 Å². The highest BCUT2D eigenvalue weighted by Crippen LogP contribution is 2.35. The van der Waals surface area contributed by atoms with Crippen LogP contribution in [0.2, 0.25) is 0 Å². The maximum Gasteiger partial charge on any atom is 0.251 e. The SMILES string of the molecule is CCS(=O)(=O)c1ccc(C(COC)NC(=O)c2ccc3c(c2)c2cc(CC4CC4)ccc2n3CCF)cc1. The first kappa shape index (κ1) is 26.4. The Hall–Kier alpha value is -3.23. The summed E-state index contributed by atoms with van der Waals surface area (Å²) in [4.78, 5) is 13.6. The molecule has 0 radical (unpaired) electrons. The highest BCUT2D eigenvalue weighted by Gasteiger charge is 2.23. The third-order valence-corrected chi connectivity index (χ3v) is 9.13. The molecule has 4 aromatic rings. The molecule has 1 amide bonds. The van der Waals surface area contributed by atoms with Gasteiger partial charge in [-0.15, -0.1) is 0 Å². The van der Waals surface area contributed by atoms with Crippen molar-refractivity contribution in [3.63, 3.8) is 0 Å². The van der Waals surface area contributed by atoms with Gasteiger partial charge in [-0.2, -0.15) is 0 Å². The number of halogens is 1. The Morgan fingerprint density at radius 2 is 1.74 bits per heavy atom. The number of amides is 1. The van der Waals surface area contributed by atoms with Crippen LogP contribution in [0.15, 0.2) is 65.6 Å². The Kier molecular flexibility index (Phi) is 7.54. The minimum atomic E-state index is -3.31. The molecule has 3 aromatic carbocycles. The van der Waals surface area contributed by atoms with E-state index >= 15 is 0 Å². The number of carbonyl (C=O) groups is 1. The lowest BCUT2D eigenvalue weighted by Gasteiger charge is -2.19. The van der Waals surface area contributed by atoms with Gasteiger partial charge in [0.1, 0.15) is 6.67 Å². The van der Waals surface area contributed by atoms with Gasteiger partial charge in [-0.3, -0.25) is 4.79 Å². The number of aryl methyl sites for hydroxylation is 1. The number of hydrogen-bond donors (Lipinski definition) is 1. The topological polar surface area (TPSA) is 77.4 Å². The number of carbonyl (C=O) groups excluding carboxylic acids is 1. The van der Waals surface area contributed by atoms with Crippen molar-refractivity contribution in [1.82, 2.24) is 9.88 Å². The van der Waals surface area contributed by atoms with Crippen molar-refractivity contribution in [2.45, 2.75) is 43.7 Å². The standard InChI is InChI=1S/C30H33FN2O4S/c1-3-38(35,36)24-10-7-22(8-11-24)27(19-37-2)32-30(34)23-9-13-29-26(18-23)25-17-21(16-20-4-5-20)6-12-28(25)33(29)15-14-31/h6-13,17-18,20,27H,3-5,14-16,19H2,1-2H3,(H,32,34). The third kappa shape index (κ3) is 5.33. The number of methoxy groups -OCH3 is 1. The molecule has 1 fully saturated rings. The van der Waals surface area contributed by atoms with Crippen LogP contribution in [0.4, 0.5) is 4.39 Å². The maximum absolute atomic E-state index is 13.4. The van der Waals surface area contributed by atoms with E-state index in [1.165, 1.54) is 18.4 Å². The predicted octanol–water partition coefficient (Wildman–Crippen LogP) is 5.63. The van der Waals surface area contributed by atoms with E-state index in [2.05, 4.69) is 23.5 Å². The van der Waals surface area contributed by atoms with Crippen LogP contribution in [0.1, 0.15) is 47.3 Å². The first-order valence-corrected chi connectivity index (χ1v) is 14.7. The first-order chi connectivity index (χ1) is 18.3. The Balaban J connectivity index is 1.46. The number of aromatic nitrogens is 1. The summed E-state index contributed by atoms with van der Waals surface area (Å²) in [7, 11) is -1.75. The fourth-order valence-corrected chi connectivity index (χ4v) is 5.99. The normalized spacial score (nSPS) is 14.7. The first-order valence-electron chi connectivity index (χ1n) is 13.1. The Labute approximate surface area is 222 Å². The zero-order chi connectivity index (χ0) is 26.9. The molecule has 1 aliphatic rings. The van der Waals surface area contributed by atoms with Crippen molar-refractivity contribution in [1.29, 1.82) is 0 Å². The molecule has 1 atom stereocenters. The van der Waals surface area contributed by atoms with Crippen LogP contribution in [0.5, 0.6) is 0 Å². The number of ether oxygens (including phenoxy) is 1. The van der Waals surface area contributed by atoms with Gasteiger partial charge in [-0.05, 0) is 78.8 Å². The Morgan fingerprint density at radius 1 is 1.05 bits per heavy atom. The quantitative estimate of drug-likeness (QED) is 0.270. The molecule has 5 rings (SSSR count). The fourth-order valence-electron chi connectivity index (χ4n) is 5.10. The summed E-state index contributed by atoms with van der Waals surface area (Å²) in [5.41, 5.74) is 4.38. The van der Waals surface area contributed by atoms with Crippen LogP contribution in [0.3, 0.4) is 0 Å². The number of alkyl halides is 1. The van der Waals surface area contributed by atoms with Crippen LogP contribution >= 0.6 is 0 Å². The molecular formula is C30H33FN2O4S. The number of sulfone groups is 1. The molecule has 1 saturated carbocycles. The summed E-state index contributed by atoms with van der Waals surface area (Å²) in [6.07, 6.45) is 3.58. The summed E-state index contributed by atoms with van der Waals surface area (Å²) < 4.78 is 45.1. The van der Waals surface area contributed by atoms with Gasteiger partial charge in [0.2, 0.25) is 0 Å². The molecule has 38 heavy (non-hydrogen) atoms. The molecule has 8 heteroatoms. The summed E-state index contributed by atoms with van der Waals surface area (Å²) in [5, 5.41) is 4.99. The molecule has 1 heterocycles. The van der Waals surface area contributed by atoms with Gasteiger partial charge in [0.15, 0.2) is 9.84 Å². The molecule has 0 bridgehead atoms. The molecule has 6 nitrogen and oxygen atoms in total. The van der Waals surface area contributed by atoms with E-state index in [0.29, 0.717) is 5.56 Å². The summed E-state index contributed by atoms with van der Waals surface area (Å²) in [6, 6.07) is 18.0. The van der Waals surface area contributed by atoms with Gasteiger partial charge in [-0.25, -0.2) is 12.8 Å².